The number of rotatable bonds is 5. The Hall–Kier alpha value is -0.0500. The Kier molecular flexibility index (Phi) is 6.13. The van der Waals surface area contributed by atoms with Gasteiger partial charge in [-0.2, -0.15) is 13.2 Å². The zero-order valence-electron chi connectivity index (χ0n) is 10.9. The summed E-state index contributed by atoms with van der Waals surface area (Å²) < 4.78 is 61.9. The molecule has 2 bridgehead atoms. The van der Waals surface area contributed by atoms with Gasteiger partial charge in [0.2, 0.25) is 10.0 Å². The maximum Gasteiger partial charge on any atom is 0.389 e. The number of fused-ring (bicyclic) bond motifs is 2. The summed E-state index contributed by atoms with van der Waals surface area (Å²) >= 11 is 0. The zero-order valence-corrected chi connectivity index (χ0v) is 12.6. The summed E-state index contributed by atoms with van der Waals surface area (Å²) in [5, 5.41) is 3.39. The molecule has 2 unspecified atom stereocenters. The molecular weight excluding hydrogens is 317 g/mol. The Balaban J connectivity index is 0.00000200. The van der Waals surface area contributed by atoms with Crippen molar-refractivity contribution in [2.24, 2.45) is 0 Å². The molecule has 4 nitrogen and oxygen atoms in total. The quantitative estimate of drug-likeness (QED) is 0.807. The molecule has 0 aliphatic carbocycles. The third-order valence-electron chi connectivity index (χ3n) is 3.69. The first-order valence-corrected chi connectivity index (χ1v) is 8.21. The van der Waals surface area contributed by atoms with Gasteiger partial charge < -0.3 is 5.32 Å². The number of nitrogens with one attached hydrogen (secondary N) is 2. The lowest BCUT2D eigenvalue weighted by atomic mass is 10.0. The summed E-state index contributed by atoms with van der Waals surface area (Å²) in [5.74, 6) is -0.453. The minimum Gasteiger partial charge on any atom is -0.311 e. The van der Waals surface area contributed by atoms with Gasteiger partial charge in [0, 0.05) is 24.5 Å². The van der Waals surface area contributed by atoms with Crippen molar-refractivity contribution in [3.63, 3.8) is 0 Å². The normalized spacial score (nSPS) is 30.1. The van der Waals surface area contributed by atoms with Crippen molar-refractivity contribution >= 4 is 22.4 Å². The van der Waals surface area contributed by atoms with Gasteiger partial charge in [0.15, 0.2) is 0 Å². The van der Waals surface area contributed by atoms with Gasteiger partial charge in [-0.15, -0.1) is 12.4 Å². The fourth-order valence-electron chi connectivity index (χ4n) is 2.93. The number of piperidine rings is 1. The molecule has 120 valence electrons. The van der Waals surface area contributed by atoms with Crippen LogP contribution in [0.4, 0.5) is 13.2 Å². The Morgan fingerprint density at radius 2 is 1.70 bits per heavy atom. The van der Waals surface area contributed by atoms with Gasteiger partial charge in [-0.1, -0.05) is 0 Å². The Labute approximate surface area is 123 Å². The highest BCUT2D eigenvalue weighted by Gasteiger charge is 2.35. The Bertz CT molecular complexity index is 404. The molecular formula is C11H20ClF3N2O2S. The Morgan fingerprint density at radius 1 is 1.15 bits per heavy atom. The van der Waals surface area contributed by atoms with Crippen LogP contribution in [-0.2, 0) is 10.0 Å². The molecule has 0 amide bonds. The van der Waals surface area contributed by atoms with E-state index in [-0.39, 0.29) is 24.9 Å². The van der Waals surface area contributed by atoms with Crippen LogP contribution in [0.15, 0.2) is 0 Å². The largest absolute Gasteiger partial charge is 0.389 e. The second kappa shape index (κ2) is 6.81. The van der Waals surface area contributed by atoms with Crippen molar-refractivity contribution in [2.45, 2.75) is 62.8 Å². The number of halogens is 4. The molecule has 2 N–H and O–H groups in total. The molecule has 2 aliphatic heterocycles. The summed E-state index contributed by atoms with van der Waals surface area (Å²) in [6.45, 7) is 0. The van der Waals surface area contributed by atoms with Crippen molar-refractivity contribution in [1.29, 1.82) is 0 Å². The van der Waals surface area contributed by atoms with E-state index < -0.39 is 28.4 Å². The number of hydrogen-bond donors (Lipinski definition) is 2. The van der Waals surface area contributed by atoms with Crippen molar-refractivity contribution < 1.29 is 21.6 Å². The minimum atomic E-state index is -4.29. The van der Waals surface area contributed by atoms with Gasteiger partial charge in [-0.25, -0.2) is 13.1 Å². The van der Waals surface area contributed by atoms with Crippen LogP contribution < -0.4 is 10.0 Å². The topological polar surface area (TPSA) is 58.2 Å². The van der Waals surface area contributed by atoms with Gasteiger partial charge in [0.1, 0.15) is 0 Å². The van der Waals surface area contributed by atoms with E-state index in [0.717, 1.165) is 25.7 Å². The minimum absolute atomic E-state index is 0. The fourth-order valence-corrected chi connectivity index (χ4v) is 4.27. The summed E-state index contributed by atoms with van der Waals surface area (Å²) in [5.41, 5.74) is 0. The first-order valence-electron chi connectivity index (χ1n) is 6.56. The summed E-state index contributed by atoms with van der Waals surface area (Å²) in [6.07, 6.45) is -2.15. The van der Waals surface area contributed by atoms with E-state index in [1.165, 1.54) is 0 Å². The molecule has 2 fully saturated rings. The summed E-state index contributed by atoms with van der Waals surface area (Å²) in [4.78, 5) is 0. The molecule has 20 heavy (non-hydrogen) atoms. The lowest BCUT2D eigenvalue weighted by Gasteiger charge is -2.29. The molecule has 2 aliphatic rings. The first kappa shape index (κ1) is 18.0. The molecule has 0 aromatic heterocycles. The number of alkyl halides is 3. The predicted octanol–water partition coefficient (Wildman–Crippen LogP) is 1.95. The van der Waals surface area contributed by atoms with Gasteiger partial charge in [-0.3, -0.25) is 0 Å². The molecule has 2 atom stereocenters. The van der Waals surface area contributed by atoms with E-state index in [1.54, 1.807) is 0 Å². The second-order valence-corrected chi connectivity index (χ2v) is 7.34. The lowest BCUT2D eigenvalue weighted by molar-refractivity contribution is -0.134. The fraction of sp³-hybridized carbons (Fsp3) is 1.00. The molecule has 2 saturated heterocycles. The lowest BCUT2D eigenvalue weighted by Crippen LogP contribution is -2.48. The maximum absolute atomic E-state index is 12.0. The maximum atomic E-state index is 12.0. The average molecular weight is 337 g/mol. The Morgan fingerprint density at radius 3 is 2.20 bits per heavy atom. The summed E-state index contributed by atoms with van der Waals surface area (Å²) in [6, 6.07) is 0.567. The average Bonchev–Trinajstić information content (AvgIpc) is 2.55. The van der Waals surface area contributed by atoms with Crippen LogP contribution in [0.3, 0.4) is 0 Å². The molecule has 0 aromatic rings. The van der Waals surface area contributed by atoms with Crippen molar-refractivity contribution in [3.8, 4) is 0 Å². The standard InChI is InChI=1S/C11H19F3N2O2S.ClH/c12-11(13,14)4-1-5-19(17,18)16-10-6-8-2-3-9(7-10)15-8;/h8-10,15-16H,1-7H2;1H. The highest BCUT2D eigenvalue weighted by atomic mass is 35.5. The highest BCUT2D eigenvalue weighted by Crippen LogP contribution is 2.27. The molecule has 2 rings (SSSR count). The van der Waals surface area contributed by atoms with Crippen molar-refractivity contribution in [2.75, 3.05) is 5.75 Å². The van der Waals surface area contributed by atoms with E-state index in [0.29, 0.717) is 12.1 Å². The highest BCUT2D eigenvalue weighted by molar-refractivity contribution is 7.89. The van der Waals surface area contributed by atoms with Crippen LogP contribution in [0.2, 0.25) is 0 Å². The van der Waals surface area contributed by atoms with Gasteiger partial charge in [-0.05, 0) is 32.1 Å². The van der Waals surface area contributed by atoms with Gasteiger partial charge >= 0.3 is 6.18 Å². The summed E-state index contributed by atoms with van der Waals surface area (Å²) in [7, 11) is -3.60. The molecule has 0 saturated carbocycles. The van der Waals surface area contributed by atoms with E-state index in [2.05, 4.69) is 10.0 Å². The van der Waals surface area contributed by atoms with Crippen LogP contribution in [-0.4, -0.2) is 38.5 Å². The molecule has 2 heterocycles. The third-order valence-corrected chi connectivity index (χ3v) is 5.21. The SMILES string of the molecule is Cl.O=S(=O)(CCCC(F)(F)F)NC1CC2CCC(C1)N2. The van der Waals surface area contributed by atoms with Crippen LogP contribution in [0.25, 0.3) is 0 Å². The van der Waals surface area contributed by atoms with Crippen LogP contribution in [0.5, 0.6) is 0 Å². The molecule has 0 spiro atoms. The van der Waals surface area contributed by atoms with Crippen LogP contribution >= 0.6 is 12.4 Å². The third kappa shape index (κ3) is 5.75. The zero-order chi connectivity index (χ0) is 14.1. The van der Waals surface area contributed by atoms with E-state index >= 15 is 0 Å². The molecule has 9 heteroatoms. The smallest absolute Gasteiger partial charge is 0.311 e. The number of sulfonamides is 1. The van der Waals surface area contributed by atoms with Crippen molar-refractivity contribution in [1.82, 2.24) is 10.0 Å². The van der Waals surface area contributed by atoms with Crippen molar-refractivity contribution in [3.05, 3.63) is 0 Å². The number of hydrogen-bond acceptors (Lipinski definition) is 3. The van der Waals surface area contributed by atoms with Gasteiger partial charge in [0.05, 0.1) is 5.75 Å². The first-order chi connectivity index (χ1) is 8.73. The predicted molar refractivity (Wildman–Crippen MR) is 72.4 cm³/mol. The van der Waals surface area contributed by atoms with E-state index in [4.69, 9.17) is 0 Å². The second-order valence-electron chi connectivity index (χ2n) is 5.46. The van der Waals surface area contributed by atoms with Gasteiger partial charge in [0.25, 0.3) is 0 Å². The van der Waals surface area contributed by atoms with E-state index in [9.17, 15) is 21.6 Å². The molecule has 0 radical (unpaired) electrons. The van der Waals surface area contributed by atoms with Crippen LogP contribution in [0, 0.1) is 0 Å². The molecule has 0 aromatic carbocycles. The monoisotopic (exact) mass is 336 g/mol. The van der Waals surface area contributed by atoms with E-state index in [1.807, 2.05) is 0 Å². The van der Waals surface area contributed by atoms with Crippen LogP contribution in [0.1, 0.15) is 38.5 Å².